The molecule has 4 heterocycles. The number of aromatic nitrogens is 4. The van der Waals surface area contributed by atoms with Gasteiger partial charge in [0.1, 0.15) is 17.7 Å². The summed E-state index contributed by atoms with van der Waals surface area (Å²) in [5.41, 5.74) is 2.39. The van der Waals surface area contributed by atoms with Gasteiger partial charge in [-0.2, -0.15) is 4.37 Å². The molecule has 0 spiro atoms. The smallest absolute Gasteiger partial charge is 0.243 e. The molecule has 1 aliphatic heterocycles. The number of nitrogens with one attached hydrogen (secondary N) is 2. The van der Waals surface area contributed by atoms with E-state index in [1.165, 1.54) is 23.9 Å². The van der Waals surface area contributed by atoms with E-state index >= 15 is 0 Å². The van der Waals surface area contributed by atoms with Gasteiger partial charge in [0, 0.05) is 30.4 Å². The molecule has 1 amide bonds. The topological polar surface area (TPSA) is 95.9 Å². The van der Waals surface area contributed by atoms with E-state index in [9.17, 15) is 4.79 Å². The number of carbonyl (C=O) groups is 1. The average Bonchev–Trinajstić information content (AvgIpc) is 3.18. The van der Waals surface area contributed by atoms with E-state index in [2.05, 4.69) is 36.5 Å². The van der Waals surface area contributed by atoms with Crippen LogP contribution in [0.1, 0.15) is 0 Å². The lowest BCUT2D eigenvalue weighted by Crippen LogP contribution is -2.59. The molecular formula is C20H17N7OS. The lowest BCUT2D eigenvalue weighted by Gasteiger charge is -2.40. The summed E-state index contributed by atoms with van der Waals surface area (Å²) in [5, 5.41) is 7.36. The summed E-state index contributed by atoms with van der Waals surface area (Å²) in [6, 6.07) is 10.1. The van der Waals surface area contributed by atoms with E-state index in [1.54, 1.807) is 0 Å². The first-order chi connectivity index (χ1) is 14.2. The van der Waals surface area contributed by atoms with Crippen LogP contribution in [0.5, 0.6) is 0 Å². The maximum Gasteiger partial charge on any atom is 0.243 e. The summed E-state index contributed by atoms with van der Waals surface area (Å²) in [6.45, 7) is 4.89. The van der Waals surface area contributed by atoms with Gasteiger partial charge in [-0.25, -0.2) is 15.0 Å². The summed E-state index contributed by atoms with van der Waals surface area (Å²) < 4.78 is 5.32. The van der Waals surface area contributed by atoms with Crippen molar-refractivity contribution < 1.29 is 4.79 Å². The Balaban J connectivity index is 1.40. The lowest BCUT2D eigenvalue weighted by atomic mass is 10.1. The van der Waals surface area contributed by atoms with Gasteiger partial charge in [-0.1, -0.05) is 6.58 Å². The van der Waals surface area contributed by atoms with Gasteiger partial charge in [0.25, 0.3) is 0 Å². The van der Waals surface area contributed by atoms with E-state index in [0.717, 1.165) is 27.1 Å². The number of pyridine rings is 1. The van der Waals surface area contributed by atoms with Crippen molar-refractivity contribution in [1.82, 2.24) is 24.6 Å². The van der Waals surface area contributed by atoms with Crippen molar-refractivity contribution in [2.75, 3.05) is 23.3 Å². The minimum atomic E-state index is -0.154. The Kier molecular flexibility index (Phi) is 4.28. The van der Waals surface area contributed by atoms with Crippen molar-refractivity contribution in [2.45, 2.75) is 6.04 Å². The Morgan fingerprint density at radius 2 is 2.14 bits per heavy atom. The largest absolute Gasteiger partial charge is 0.352 e. The first-order valence-corrected chi connectivity index (χ1v) is 9.88. The van der Waals surface area contributed by atoms with Crippen molar-refractivity contribution in [3.63, 3.8) is 0 Å². The molecule has 8 nitrogen and oxygen atoms in total. The first kappa shape index (κ1) is 17.5. The van der Waals surface area contributed by atoms with Gasteiger partial charge in [-0.15, -0.1) is 0 Å². The van der Waals surface area contributed by atoms with Crippen molar-refractivity contribution in [3.05, 3.63) is 55.5 Å². The monoisotopic (exact) mass is 403 g/mol. The van der Waals surface area contributed by atoms with Crippen molar-refractivity contribution in [2.24, 2.45) is 0 Å². The van der Waals surface area contributed by atoms with Gasteiger partial charge < -0.3 is 15.5 Å². The number of amides is 1. The first-order valence-electron chi connectivity index (χ1n) is 9.11. The van der Waals surface area contributed by atoms with E-state index in [1.807, 2.05) is 36.5 Å². The number of hydrogen-bond acceptors (Lipinski definition) is 8. The van der Waals surface area contributed by atoms with Crippen LogP contribution in [-0.4, -0.2) is 44.4 Å². The van der Waals surface area contributed by atoms with Crippen LogP contribution in [0.3, 0.4) is 0 Å². The van der Waals surface area contributed by atoms with Gasteiger partial charge in [-0.05, 0) is 47.9 Å². The molecular weight excluding hydrogens is 386 g/mol. The Morgan fingerprint density at radius 1 is 1.24 bits per heavy atom. The van der Waals surface area contributed by atoms with Crippen LogP contribution in [-0.2, 0) is 4.79 Å². The SMILES string of the molecule is C=CC(=O)NC1CN(c2ccc3ncnc(Nc4ccc5cnsc5c4)c3n2)C1. The summed E-state index contributed by atoms with van der Waals surface area (Å²) in [7, 11) is 0. The van der Waals surface area contributed by atoms with Crippen LogP contribution in [0.4, 0.5) is 17.3 Å². The fourth-order valence-corrected chi connectivity index (χ4v) is 3.97. The Labute approximate surface area is 170 Å². The van der Waals surface area contributed by atoms with Crippen molar-refractivity contribution in [3.8, 4) is 0 Å². The summed E-state index contributed by atoms with van der Waals surface area (Å²) in [5.74, 6) is 1.33. The van der Waals surface area contributed by atoms with Crippen LogP contribution < -0.4 is 15.5 Å². The van der Waals surface area contributed by atoms with Crippen molar-refractivity contribution in [1.29, 1.82) is 0 Å². The predicted molar refractivity (Wildman–Crippen MR) is 115 cm³/mol. The average molecular weight is 403 g/mol. The van der Waals surface area contributed by atoms with Crippen LogP contribution >= 0.6 is 11.5 Å². The quantitative estimate of drug-likeness (QED) is 0.495. The third kappa shape index (κ3) is 3.36. The van der Waals surface area contributed by atoms with Gasteiger partial charge in [0.15, 0.2) is 5.82 Å². The standard InChI is InChI=1S/C20H17N7OS/c1-2-18(28)24-14-9-27(10-14)17-6-5-15-19(26-17)20(22-11-21-15)25-13-4-3-12-8-23-29-16(12)7-13/h2-8,11,14H,1,9-10H2,(H,24,28)(H,21,22,25). The molecule has 29 heavy (non-hydrogen) atoms. The molecule has 0 atom stereocenters. The molecule has 0 bridgehead atoms. The maximum absolute atomic E-state index is 11.4. The number of carbonyl (C=O) groups excluding carboxylic acids is 1. The highest BCUT2D eigenvalue weighted by Gasteiger charge is 2.28. The zero-order valence-corrected chi connectivity index (χ0v) is 16.2. The molecule has 144 valence electrons. The van der Waals surface area contributed by atoms with E-state index in [0.29, 0.717) is 24.4 Å². The highest BCUT2D eigenvalue weighted by atomic mass is 32.1. The molecule has 1 aromatic carbocycles. The summed E-state index contributed by atoms with van der Waals surface area (Å²) in [6.07, 6.45) is 4.67. The van der Waals surface area contributed by atoms with Crippen LogP contribution in [0.2, 0.25) is 0 Å². The van der Waals surface area contributed by atoms with E-state index in [-0.39, 0.29) is 11.9 Å². The maximum atomic E-state index is 11.4. The second-order valence-corrected chi connectivity index (χ2v) is 7.61. The molecule has 1 saturated heterocycles. The summed E-state index contributed by atoms with van der Waals surface area (Å²) >= 11 is 1.46. The number of anilines is 3. The fraction of sp³-hybridized carbons (Fsp3) is 0.150. The number of fused-ring (bicyclic) bond motifs is 2. The minimum Gasteiger partial charge on any atom is -0.352 e. The van der Waals surface area contributed by atoms with Gasteiger partial charge in [-0.3, -0.25) is 4.79 Å². The molecule has 1 aliphatic rings. The molecule has 0 unspecified atom stereocenters. The molecule has 9 heteroatoms. The summed E-state index contributed by atoms with van der Waals surface area (Å²) in [4.78, 5) is 27.0. The van der Waals surface area contributed by atoms with Gasteiger partial charge >= 0.3 is 0 Å². The zero-order valence-electron chi connectivity index (χ0n) is 15.4. The van der Waals surface area contributed by atoms with Crippen LogP contribution in [0, 0.1) is 0 Å². The second-order valence-electron chi connectivity index (χ2n) is 6.78. The Morgan fingerprint density at radius 3 is 3.00 bits per heavy atom. The van der Waals surface area contributed by atoms with Crippen LogP contribution in [0.25, 0.3) is 21.1 Å². The molecule has 4 aromatic rings. The third-order valence-electron chi connectivity index (χ3n) is 4.82. The van der Waals surface area contributed by atoms with E-state index < -0.39 is 0 Å². The number of nitrogens with zero attached hydrogens (tertiary/aromatic N) is 5. The zero-order chi connectivity index (χ0) is 19.8. The van der Waals surface area contributed by atoms with E-state index in [4.69, 9.17) is 4.98 Å². The highest BCUT2D eigenvalue weighted by molar-refractivity contribution is 7.13. The molecule has 0 saturated carbocycles. The molecule has 5 rings (SSSR count). The van der Waals surface area contributed by atoms with Gasteiger partial charge in [0.05, 0.1) is 16.3 Å². The second kappa shape index (κ2) is 7.10. The fourth-order valence-electron chi connectivity index (χ4n) is 3.29. The molecule has 0 radical (unpaired) electrons. The normalized spacial score (nSPS) is 14.0. The lowest BCUT2D eigenvalue weighted by molar-refractivity contribution is -0.117. The van der Waals surface area contributed by atoms with Crippen LogP contribution in [0.15, 0.2) is 55.5 Å². The highest BCUT2D eigenvalue weighted by Crippen LogP contribution is 2.28. The predicted octanol–water partition coefficient (Wildman–Crippen LogP) is 2.87. The molecule has 2 N–H and O–H groups in total. The molecule has 3 aromatic heterocycles. The molecule has 1 fully saturated rings. The third-order valence-corrected chi connectivity index (χ3v) is 5.58. The number of benzene rings is 1. The minimum absolute atomic E-state index is 0.105. The number of hydrogen-bond donors (Lipinski definition) is 2. The van der Waals surface area contributed by atoms with Crippen molar-refractivity contribution >= 4 is 55.9 Å². The number of rotatable bonds is 5. The Bertz CT molecular complexity index is 1230. The molecule has 0 aliphatic carbocycles. The Hall–Kier alpha value is -3.59. The van der Waals surface area contributed by atoms with Gasteiger partial charge in [0.2, 0.25) is 5.91 Å².